The molecule has 0 saturated heterocycles. The van der Waals surface area contributed by atoms with Gasteiger partial charge in [0.1, 0.15) is 11.6 Å². The Morgan fingerprint density at radius 1 is 0.970 bits per heavy atom. The topological polar surface area (TPSA) is 68.8 Å². The molecule has 174 valence electrons. The third-order valence-electron chi connectivity index (χ3n) is 4.92. The normalized spacial score (nSPS) is 10.4. The van der Waals surface area contributed by atoms with Crippen LogP contribution in [0.4, 0.5) is 10.1 Å². The minimum absolute atomic E-state index is 0.0503. The van der Waals surface area contributed by atoms with Gasteiger partial charge >= 0.3 is 0 Å². The van der Waals surface area contributed by atoms with Crippen LogP contribution in [0.1, 0.15) is 11.1 Å². The molecule has 3 aromatic rings. The van der Waals surface area contributed by atoms with Crippen LogP contribution >= 0.6 is 11.6 Å². The van der Waals surface area contributed by atoms with Crippen molar-refractivity contribution in [2.45, 2.75) is 13.0 Å². The zero-order valence-corrected chi connectivity index (χ0v) is 19.2. The van der Waals surface area contributed by atoms with Crippen LogP contribution in [-0.4, -0.2) is 33.3 Å². The summed E-state index contributed by atoms with van der Waals surface area (Å²) in [6.45, 7) is 0.788. The minimum Gasteiger partial charge on any atom is -0.493 e. The number of benzene rings is 3. The third kappa shape index (κ3) is 7.02. The van der Waals surface area contributed by atoms with E-state index in [1.165, 1.54) is 12.1 Å². The van der Waals surface area contributed by atoms with Crippen molar-refractivity contribution in [1.29, 1.82) is 0 Å². The van der Waals surface area contributed by atoms with Gasteiger partial charge in [-0.1, -0.05) is 35.9 Å². The number of methoxy groups -OCH3 is 2. The lowest BCUT2D eigenvalue weighted by molar-refractivity contribution is -0.123. The first kappa shape index (κ1) is 24.2. The van der Waals surface area contributed by atoms with Crippen molar-refractivity contribution in [3.05, 3.63) is 82.6 Å². The highest BCUT2D eigenvalue weighted by molar-refractivity contribution is 6.31. The molecule has 0 bridgehead atoms. The van der Waals surface area contributed by atoms with Crippen LogP contribution in [-0.2, 0) is 17.8 Å². The van der Waals surface area contributed by atoms with E-state index in [0.29, 0.717) is 42.4 Å². The molecule has 6 nitrogen and oxygen atoms in total. The summed E-state index contributed by atoms with van der Waals surface area (Å²) in [6, 6.07) is 17.5. The van der Waals surface area contributed by atoms with E-state index in [4.69, 9.17) is 25.8 Å². The summed E-state index contributed by atoms with van der Waals surface area (Å²) in [7, 11) is 3.17. The number of halogens is 2. The molecule has 0 spiro atoms. The molecule has 2 N–H and O–H groups in total. The Morgan fingerprint density at radius 2 is 1.76 bits per heavy atom. The maximum Gasteiger partial charge on any atom is 0.257 e. The van der Waals surface area contributed by atoms with Crippen molar-refractivity contribution >= 4 is 23.2 Å². The second kappa shape index (κ2) is 12.0. The summed E-state index contributed by atoms with van der Waals surface area (Å²) in [5.41, 5.74) is 2.56. The molecule has 0 aromatic heterocycles. The van der Waals surface area contributed by atoms with E-state index < -0.39 is 5.82 Å². The standard InChI is InChI=1S/C25H26ClFN2O4/c1-31-23-10-7-17(13-24(23)32-2)11-12-28-25(30)16-33-22-6-4-3-5-18(22)15-29-19-8-9-21(27)20(26)14-19/h3-10,13-14,29H,11-12,15-16H2,1-2H3,(H,28,30). The number of hydrogen-bond donors (Lipinski definition) is 2. The van der Waals surface area contributed by atoms with E-state index in [2.05, 4.69) is 10.6 Å². The van der Waals surface area contributed by atoms with E-state index in [1.54, 1.807) is 26.4 Å². The minimum atomic E-state index is -0.469. The van der Waals surface area contributed by atoms with E-state index in [1.807, 2.05) is 36.4 Å². The summed E-state index contributed by atoms with van der Waals surface area (Å²) in [6.07, 6.45) is 0.646. The molecule has 0 unspecified atom stereocenters. The number of nitrogens with one attached hydrogen (secondary N) is 2. The highest BCUT2D eigenvalue weighted by Crippen LogP contribution is 2.27. The second-order valence-corrected chi connectivity index (χ2v) is 7.58. The van der Waals surface area contributed by atoms with Gasteiger partial charge in [0.05, 0.1) is 19.2 Å². The van der Waals surface area contributed by atoms with Crippen molar-refractivity contribution in [2.75, 3.05) is 32.7 Å². The zero-order valence-electron chi connectivity index (χ0n) is 18.5. The van der Waals surface area contributed by atoms with Crippen molar-refractivity contribution < 1.29 is 23.4 Å². The molecule has 0 aliphatic carbocycles. The molecule has 8 heteroatoms. The van der Waals surface area contributed by atoms with Gasteiger partial charge in [-0.05, 0) is 48.4 Å². The summed E-state index contributed by atoms with van der Waals surface area (Å²) >= 11 is 5.82. The SMILES string of the molecule is COc1ccc(CCNC(=O)COc2ccccc2CNc2ccc(F)c(Cl)c2)cc1OC. The number of hydrogen-bond acceptors (Lipinski definition) is 5. The first-order chi connectivity index (χ1) is 16.0. The second-order valence-electron chi connectivity index (χ2n) is 7.17. The molecular formula is C25H26ClFN2O4. The molecule has 3 rings (SSSR count). The quantitative estimate of drug-likeness (QED) is 0.417. The largest absolute Gasteiger partial charge is 0.493 e. The average Bonchev–Trinajstić information content (AvgIpc) is 2.83. The van der Waals surface area contributed by atoms with Gasteiger partial charge in [0, 0.05) is 24.3 Å². The molecule has 0 aliphatic heterocycles. The maximum atomic E-state index is 13.3. The Kier molecular flexibility index (Phi) is 8.78. The fraction of sp³-hybridized carbons (Fsp3) is 0.240. The molecule has 0 fully saturated rings. The summed E-state index contributed by atoms with van der Waals surface area (Å²) in [5.74, 6) is 1.21. The van der Waals surface area contributed by atoms with E-state index in [0.717, 1.165) is 11.1 Å². The first-order valence-electron chi connectivity index (χ1n) is 10.4. The highest BCUT2D eigenvalue weighted by Gasteiger charge is 2.09. The number of ether oxygens (including phenoxy) is 3. The fourth-order valence-electron chi connectivity index (χ4n) is 3.17. The molecule has 0 aliphatic rings. The Bertz CT molecular complexity index is 1090. The Morgan fingerprint density at radius 3 is 2.52 bits per heavy atom. The number of amides is 1. The average molecular weight is 473 g/mol. The number of anilines is 1. The Labute approximate surface area is 197 Å². The monoisotopic (exact) mass is 472 g/mol. The van der Waals surface area contributed by atoms with Crippen LogP contribution in [0, 0.1) is 5.82 Å². The number of rotatable bonds is 11. The van der Waals surface area contributed by atoms with Gasteiger partial charge in [-0.25, -0.2) is 4.39 Å². The lowest BCUT2D eigenvalue weighted by atomic mass is 10.1. The van der Waals surface area contributed by atoms with Crippen LogP contribution in [0.5, 0.6) is 17.2 Å². The molecular weight excluding hydrogens is 447 g/mol. The molecule has 0 saturated carbocycles. The Hall–Kier alpha value is -3.45. The number of para-hydroxylation sites is 1. The molecule has 0 radical (unpaired) electrons. The van der Waals surface area contributed by atoms with E-state index in [9.17, 15) is 9.18 Å². The first-order valence-corrected chi connectivity index (χ1v) is 10.7. The van der Waals surface area contributed by atoms with Crippen LogP contribution in [0.2, 0.25) is 5.02 Å². The summed E-state index contributed by atoms with van der Waals surface area (Å²) < 4.78 is 29.6. The number of carbonyl (C=O) groups excluding carboxylic acids is 1. The van der Waals surface area contributed by atoms with E-state index in [-0.39, 0.29) is 17.5 Å². The van der Waals surface area contributed by atoms with Crippen LogP contribution in [0.15, 0.2) is 60.7 Å². The van der Waals surface area contributed by atoms with Crippen molar-refractivity contribution in [3.63, 3.8) is 0 Å². The van der Waals surface area contributed by atoms with Crippen LogP contribution in [0.25, 0.3) is 0 Å². The molecule has 0 heterocycles. The summed E-state index contributed by atoms with van der Waals surface area (Å²) in [5, 5.41) is 6.08. The van der Waals surface area contributed by atoms with Crippen molar-refractivity contribution in [1.82, 2.24) is 5.32 Å². The van der Waals surface area contributed by atoms with Gasteiger partial charge in [0.15, 0.2) is 18.1 Å². The van der Waals surface area contributed by atoms with Gasteiger partial charge in [-0.3, -0.25) is 4.79 Å². The van der Waals surface area contributed by atoms with E-state index >= 15 is 0 Å². The maximum absolute atomic E-state index is 13.3. The van der Waals surface area contributed by atoms with Crippen LogP contribution in [0.3, 0.4) is 0 Å². The van der Waals surface area contributed by atoms with Gasteiger partial charge in [-0.2, -0.15) is 0 Å². The molecule has 0 atom stereocenters. The predicted octanol–water partition coefficient (Wildman–Crippen LogP) is 4.85. The lowest BCUT2D eigenvalue weighted by Gasteiger charge is -2.13. The van der Waals surface area contributed by atoms with Crippen LogP contribution < -0.4 is 24.8 Å². The predicted molar refractivity (Wildman–Crippen MR) is 127 cm³/mol. The smallest absolute Gasteiger partial charge is 0.257 e. The lowest BCUT2D eigenvalue weighted by Crippen LogP contribution is -2.30. The van der Waals surface area contributed by atoms with Gasteiger partial charge in [-0.15, -0.1) is 0 Å². The Balaban J connectivity index is 1.47. The zero-order chi connectivity index (χ0) is 23.6. The molecule has 1 amide bonds. The molecule has 33 heavy (non-hydrogen) atoms. The van der Waals surface area contributed by atoms with Gasteiger partial charge < -0.3 is 24.8 Å². The molecule has 3 aromatic carbocycles. The third-order valence-corrected chi connectivity index (χ3v) is 5.21. The van der Waals surface area contributed by atoms with Crippen molar-refractivity contribution in [3.8, 4) is 17.2 Å². The highest BCUT2D eigenvalue weighted by atomic mass is 35.5. The number of carbonyl (C=O) groups is 1. The fourth-order valence-corrected chi connectivity index (χ4v) is 3.35. The van der Waals surface area contributed by atoms with Gasteiger partial charge in [0.25, 0.3) is 5.91 Å². The summed E-state index contributed by atoms with van der Waals surface area (Å²) in [4.78, 5) is 12.2. The van der Waals surface area contributed by atoms with Crippen molar-refractivity contribution in [2.24, 2.45) is 0 Å². The van der Waals surface area contributed by atoms with Gasteiger partial charge in [0.2, 0.25) is 0 Å².